The molecule has 4 nitrogen and oxygen atoms in total. The summed E-state index contributed by atoms with van der Waals surface area (Å²) in [4.78, 5) is 22.4. The van der Waals surface area contributed by atoms with Gasteiger partial charge in [0, 0.05) is 11.5 Å². The Hall–Kier alpha value is -0.870. The van der Waals surface area contributed by atoms with Gasteiger partial charge in [-0.2, -0.15) is 0 Å². The number of aromatic nitrogens is 1. The van der Waals surface area contributed by atoms with Gasteiger partial charge in [-0.1, -0.05) is 5.16 Å². The number of halogens is 2. The van der Waals surface area contributed by atoms with E-state index >= 15 is 0 Å². The molecule has 1 heterocycles. The molecule has 1 fully saturated rings. The van der Waals surface area contributed by atoms with Crippen molar-refractivity contribution in [1.82, 2.24) is 5.16 Å². The van der Waals surface area contributed by atoms with Crippen LogP contribution in [0.3, 0.4) is 0 Å². The highest BCUT2D eigenvalue weighted by Gasteiger charge is 2.38. The van der Waals surface area contributed by atoms with Crippen molar-refractivity contribution in [3.63, 3.8) is 0 Å². The van der Waals surface area contributed by atoms with E-state index in [0.29, 0.717) is 17.0 Å². The Bertz CT molecular complexity index is 437. The zero-order valence-corrected chi connectivity index (χ0v) is 10.0. The minimum atomic E-state index is -1.16. The molecule has 2 rings (SSSR count). The minimum Gasteiger partial charge on any atom is -0.361 e. The molecule has 0 atom stereocenters. The molecule has 1 aliphatic rings. The maximum atomic E-state index is 11.2. The number of nitrogens with zero attached hydrogens (tertiary/aromatic N) is 1. The van der Waals surface area contributed by atoms with E-state index < -0.39 is 16.4 Å². The van der Waals surface area contributed by atoms with Gasteiger partial charge in [-0.25, -0.2) is 0 Å². The Kier molecular flexibility index (Phi) is 3.04. The van der Waals surface area contributed by atoms with Gasteiger partial charge in [0.25, 0.3) is 0 Å². The van der Waals surface area contributed by atoms with Crippen LogP contribution in [0.2, 0.25) is 0 Å². The van der Waals surface area contributed by atoms with Crippen LogP contribution < -0.4 is 0 Å². The lowest BCUT2D eigenvalue weighted by Crippen LogP contribution is -2.15. The largest absolute Gasteiger partial charge is 0.361 e. The fourth-order valence-electron chi connectivity index (χ4n) is 1.70. The van der Waals surface area contributed by atoms with Gasteiger partial charge >= 0.3 is 0 Å². The monoisotopic (exact) mass is 261 g/mol. The predicted molar refractivity (Wildman–Crippen MR) is 57.7 cm³/mol. The van der Waals surface area contributed by atoms with Crippen LogP contribution in [0, 0.1) is 6.92 Å². The number of aryl methyl sites for hydroxylation is 1. The van der Waals surface area contributed by atoms with E-state index in [1.165, 1.54) is 0 Å². The highest BCUT2D eigenvalue weighted by molar-refractivity contribution is 6.74. The fraction of sp³-hybridized carbons (Fsp3) is 0.500. The number of carbonyl (C=O) groups is 2. The van der Waals surface area contributed by atoms with E-state index in [-0.39, 0.29) is 5.92 Å². The number of hydrogen-bond acceptors (Lipinski definition) is 4. The normalized spacial score (nSPS) is 15.5. The molecule has 1 aromatic heterocycles. The van der Waals surface area contributed by atoms with Crippen molar-refractivity contribution >= 4 is 33.7 Å². The quantitative estimate of drug-likeness (QED) is 0.617. The molecule has 16 heavy (non-hydrogen) atoms. The van der Waals surface area contributed by atoms with Crippen molar-refractivity contribution in [2.45, 2.75) is 31.6 Å². The highest BCUT2D eigenvalue weighted by Crippen LogP contribution is 2.44. The molecule has 1 aromatic rings. The van der Waals surface area contributed by atoms with Gasteiger partial charge < -0.3 is 4.52 Å². The molecule has 0 aromatic carbocycles. The summed E-state index contributed by atoms with van der Waals surface area (Å²) in [5, 5.41) is 2.17. The first-order valence-electron chi connectivity index (χ1n) is 4.87. The fourth-order valence-corrected chi connectivity index (χ4v) is 2.17. The van der Waals surface area contributed by atoms with E-state index in [9.17, 15) is 9.59 Å². The van der Waals surface area contributed by atoms with Gasteiger partial charge in [0.1, 0.15) is 11.7 Å². The Balaban J connectivity index is 2.47. The summed E-state index contributed by atoms with van der Waals surface area (Å²) < 4.78 is 5.13. The maximum Gasteiger partial charge on any atom is 0.238 e. The Morgan fingerprint density at radius 2 is 1.94 bits per heavy atom. The molecule has 0 radical (unpaired) electrons. The third-order valence-electron chi connectivity index (χ3n) is 2.63. The second kappa shape index (κ2) is 4.18. The highest BCUT2D eigenvalue weighted by atomic mass is 35.5. The molecule has 0 bridgehead atoms. The van der Waals surface area contributed by atoms with Crippen molar-refractivity contribution in [3.05, 3.63) is 17.0 Å². The van der Waals surface area contributed by atoms with Gasteiger partial charge in [0.05, 0.1) is 5.69 Å². The maximum absolute atomic E-state index is 11.2. The van der Waals surface area contributed by atoms with Crippen LogP contribution in [0.25, 0.3) is 0 Å². The van der Waals surface area contributed by atoms with Gasteiger partial charge in [0.2, 0.25) is 10.5 Å². The van der Waals surface area contributed by atoms with Crippen LogP contribution >= 0.6 is 23.2 Å². The third kappa shape index (κ3) is 1.99. The molecular weight excluding hydrogens is 253 g/mol. The SMILES string of the molecule is Cc1noc(C2CC2)c1C(C(=O)Cl)C(=O)Cl. The lowest BCUT2D eigenvalue weighted by atomic mass is 9.98. The van der Waals surface area contributed by atoms with Crippen LogP contribution in [0.15, 0.2) is 4.52 Å². The lowest BCUT2D eigenvalue weighted by molar-refractivity contribution is -0.120. The Morgan fingerprint density at radius 1 is 1.38 bits per heavy atom. The summed E-state index contributed by atoms with van der Waals surface area (Å²) in [7, 11) is 0. The van der Waals surface area contributed by atoms with Crippen LogP contribution in [0.1, 0.15) is 41.7 Å². The van der Waals surface area contributed by atoms with Crippen molar-refractivity contribution in [2.75, 3.05) is 0 Å². The number of rotatable bonds is 4. The minimum absolute atomic E-state index is 0.241. The topological polar surface area (TPSA) is 60.2 Å². The summed E-state index contributed by atoms with van der Waals surface area (Å²) in [6, 6.07) is 0. The predicted octanol–water partition coefficient (Wildman–Crippen LogP) is 2.47. The van der Waals surface area contributed by atoms with E-state index in [4.69, 9.17) is 27.7 Å². The van der Waals surface area contributed by atoms with Crippen LogP contribution in [0.5, 0.6) is 0 Å². The zero-order valence-electron chi connectivity index (χ0n) is 8.50. The van der Waals surface area contributed by atoms with Crippen molar-refractivity contribution in [2.24, 2.45) is 0 Å². The van der Waals surface area contributed by atoms with Crippen molar-refractivity contribution < 1.29 is 14.1 Å². The molecule has 0 aliphatic heterocycles. The van der Waals surface area contributed by atoms with Gasteiger partial charge in [-0.3, -0.25) is 9.59 Å². The molecule has 1 aliphatic carbocycles. The van der Waals surface area contributed by atoms with Gasteiger partial charge in [-0.15, -0.1) is 0 Å². The average molecular weight is 262 g/mol. The Labute approximate surface area is 102 Å². The molecular formula is C10H9Cl2NO3. The lowest BCUT2D eigenvalue weighted by Gasteiger charge is -2.07. The van der Waals surface area contributed by atoms with Crippen LogP contribution in [-0.4, -0.2) is 15.6 Å². The van der Waals surface area contributed by atoms with Crippen molar-refractivity contribution in [3.8, 4) is 0 Å². The summed E-state index contributed by atoms with van der Waals surface area (Å²) in [5.41, 5.74) is 0.942. The number of carbonyl (C=O) groups excluding carboxylic acids is 2. The summed E-state index contributed by atoms with van der Waals surface area (Å²) in [6.07, 6.45) is 1.95. The first-order chi connectivity index (χ1) is 7.52. The molecule has 6 heteroatoms. The van der Waals surface area contributed by atoms with Crippen molar-refractivity contribution in [1.29, 1.82) is 0 Å². The van der Waals surface area contributed by atoms with E-state index in [1.807, 2.05) is 0 Å². The average Bonchev–Trinajstić information content (AvgIpc) is 2.94. The van der Waals surface area contributed by atoms with E-state index in [2.05, 4.69) is 5.16 Å². The molecule has 1 saturated carbocycles. The molecule has 86 valence electrons. The first-order valence-corrected chi connectivity index (χ1v) is 5.62. The second-order valence-corrected chi connectivity index (χ2v) is 4.61. The summed E-state index contributed by atoms with van der Waals surface area (Å²) >= 11 is 10.8. The number of hydrogen-bond donors (Lipinski definition) is 0. The van der Waals surface area contributed by atoms with E-state index in [0.717, 1.165) is 12.8 Å². The van der Waals surface area contributed by atoms with Gasteiger partial charge in [-0.05, 0) is 43.0 Å². The molecule has 0 amide bonds. The molecule has 0 unspecified atom stereocenters. The van der Waals surface area contributed by atoms with Crippen LogP contribution in [-0.2, 0) is 9.59 Å². The standard InChI is InChI=1S/C10H9Cl2NO3/c1-4-6(7(9(11)14)10(12)15)8(16-13-4)5-2-3-5/h5,7H,2-3H2,1H3. The zero-order chi connectivity index (χ0) is 11.9. The van der Waals surface area contributed by atoms with Crippen LogP contribution in [0.4, 0.5) is 0 Å². The molecule has 0 spiro atoms. The third-order valence-corrected chi connectivity index (χ3v) is 3.06. The Morgan fingerprint density at radius 3 is 2.38 bits per heavy atom. The summed E-state index contributed by atoms with van der Waals surface area (Å²) in [5.74, 6) is -0.346. The van der Waals surface area contributed by atoms with E-state index in [1.54, 1.807) is 6.92 Å². The molecule has 0 N–H and O–H groups in total. The second-order valence-electron chi connectivity index (χ2n) is 3.86. The smallest absolute Gasteiger partial charge is 0.238 e. The first kappa shape index (κ1) is 11.6. The summed E-state index contributed by atoms with van der Waals surface area (Å²) in [6.45, 7) is 1.66. The molecule has 0 saturated heterocycles. The van der Waals surface area contributed by atoms with Gasteiger partial charge in [0.15, 0.2) is 0 Å².